The molecule has 246 valence electrons. The number of fused-ring (bicyclic) bond motifs is 1. The third-order valence-electron chi connectivity index (χ3n) is 8.92. The number of rotatable bonds is 11. The van der Waals surface area contributed by atoms with Crippen molar-refractivity contribution in [3.8, 4) is 34.7 Å². The van der Waals surface area contributed by atoms with E-state index in [0.717, 1.165) is 25.3 Å². The molecule has 2 N–H and O–H groups in total. The first-order valence-electron chi connectivity index (χ1n) is 15.4. The summed E-state index contributed by atoms with van der Waals surface area (Å²) in [4.78, 5) is 19.7. The first kappa shape index (κ1) is 32.6. The van der Waals surface area contributed by atoms with Crippen LogP contribution in [0.5, 0.6) is 0 Å². The lowest BCUT2D eigenvalue weighted by Crippen LogP contribution is -2.47. The van der Waals surface area contributed by atoms with Crippen LogP contribution in [-0.2, 0) is 31.1 Å². The molecule has 14 heteroatoms. The van der Waals surface area contributed by atoms with E-state index in [0.29, 0.717) is 46.0 Å². The van der Waals surface area contributed by atoms with Gasteiger partial charge in [-0.05, 0) is 84.0 Å². The zero-order valence-electron chi connectivity index (χ0n) is 26.4. The number of anilines is 2. The van der Waals surface area contributed by atoms with Crippen LogP contribution in [0.15, 0.2) is 48.8 Å². The van der Waals surface area contributed by atoms with Crippen LogP contribution in [0.4, 0.5) is 24.8 Å². The van der Waals surface area contributed by atoms with Gasteiger partial charge in [-0.3, -0.25) is 9.69 Å². The zero-order valence-corrected chi connectivity index (χ0v) is 26.4. The Kier molecular flexibility index (Phi) is 8.88. The molecule has 1 amide bonds. The number of halogens is 3. The van der Waals surface area contributed by atoms with Crippen LogP contribution < -0.4 is 15.5 Å². The standard InChI is InChI=1S/C34H32F3N9O2/c1-45-20-42-44-31(45)24-6-5-21(16-39)11-25(24)23-14-29(41-10-4-9-38)43-30(15-23)46-18-27-26(32(46)47)12-22(13-28(27)34(35,36)37)17-40-19-33(48-2)7-3-8-33/h5-6,11-15,20,40H,3-4,7-8,10,17-19H2,1-2H3,(H,41,43). The average Bonchev–Trinajstić information content (AvgIpc) is 3.63. The monoisotopic (exact) mass is 655 g/mol. The number of nitriles is 2. The van der Waals surface area contributed by atoms with Crippen molar-refractivity contribution in [2.24, 2.45) is 7.05 Å². The number of nitrogens with one attached hydrogen (secondary N) is 2. The Bertz CT molecular complexity index is 1950. The molecule has 2 aromatic heterocycles. The molecule has 0 bridgehead atoms. The molecule has 1 saturated carbocycles. The average molecular weight is 656 g/mol. The fraction of sp³-hybridized carbons (Fsp3) is 0.353. The number of benzene rings is 2. The maximum absolute atomic E-state index is 14.5. The van der Waals surface area contributed by atoms with Gasteiger partial charge in [0.2, 0.25) is 0 Å². The van der Waals surface area contributed by atoms with Gasteiger partial charge < -0.3 is 19.9 Å². The summed E-state index contributed by atoms with van der Waals surface area (Å²) in [5.74, 6) is 0.314. The van der Waals surface area contributed by atoms with Crippen molar-refractivity contribution in [2.75, 3.05) is 30.4 Å². The number of ether oxygens (including phenoxy) is 1. The molecule has 1 aliphatic heterocycles. The molecular formula is C34H32F3N9O2. The van der Waals surface area contributed by atoms with Gasteiger partial charge in [0.1, 0.15) is 18.0 Å². The van der Waals surface area contributed by atoms with Crippen molar-refractivity contribution in [1.29, 1.82) is 10.5 Å². The fourth-order valence-corrected chi connectivity index (χ4v) is 6.19. The van der Waals surface area contributed by atoms with Crippen molar-refractivity contribution >= 4 is 17.5 Å². The number of carbonyl (C=O) groups excluding carboxylic acids is 1. The molecule has 2 aromatic carbocycles. The number of aryl methyl sites for hydroxylation is 1. The highest BCUT2D eigenvalue weighted by atomic mass is 19.4. The first-order chi connectivity index (χ1) is 23.1. The number of alkyl halides is 3. The summed E-state index contributed by atoms with van der Waals surface area (Å²) in [5, 5.41) is 33.3. The number of hydrogen-bond donors (Lipinski definition) is 2. The molecule has 48 heavy (non-hydrogen) atoms. The predicted octanol–water partition coefficient (Wildman–Crippen LogP) is 5.58. The maximum Gasteiger partial charge on any atom is 0.416 e. The normalized spacial score (nSPS) is 15.1. The van der Waals surface area contributed by atoms with E-state index in [1.165, 1.54) is 17.3 Å². The quantitative estimate of drug-likeness (QED) is 0.198. The van der Waals surface area contributed by atoms with Crippen LogP contribution in [-0.4, -0.2) is 51.5 Å². The maximum atomic E-state index is 14.5. The van der Waals surface area contributed by atoms with Crippen molar-refractivity contribution in [3.05, 3.63) is 76.6 Å². The number of methoxy groups -OCH3 is 1. The Morgan fingerprint density at radius 1 is 1.08 bits per heavy atom. The molecule has 1 aliphatic carbocycles. The lowest BCUT2D eigenvalue weighted by Gasteiger charge is -2.40. The highest BCUT2D eigenvalue weighted by molar-refractivity contribution is 6.10. The molecule has 2 aliphatic rings. The molecule has 0 unspecified atom stereocenters. The third kappa shape index (κ3) is 6.32. The zero-order chi connectivity index (χ0) is 34.1. The van der Waals surface area contributed by atoms with Gasteiger partial charge in [-0.25, -0.2) is 4.98 Å². The van der Waals surface area contributed by atoms with E-state index in [4.69, 9.17) is 10.00 Å². The van der Waals surface area contributed by atoms with Gasteiger partial charge >= 0.3 is 6.18 Å². The van der Waals surface area contributed by atoms with Crippen LogP contribution in [0.25, 0.3) is 22.5 Å². The van der Waals surface area contributed by atoms with Crippen molar-refractivity contribution < 1.29 is 22.7 Å². The van der Waals surface area contributed by atoms with E-state index >= 15 is 0 Å². The van der Waals surface area contributed by atoms with E-state index < -0.39 is 17.6 Å². The van der Waals surface area contributed by atoms with Gasteiger partial charge in [-0.15, -0.1) is 10.2 Å². The van der Waals surface area contributed by atoms with Gasteiger partial charge in [0, 0.05) is 44.9 Å². The Balaban J connectivity index is 1.40. The molecule has 0 radical (unpaired) electrons. The van der Waals surface area contributed by atoms with Crippen LogP contribution in [0, 0.1) is 22.7 Å². The molecule has 6 rings (SSSR count). The largest absolute Gasteiger partial charge is 0.416 e. The molecule has 0 saturated heterocycles. The summed E-state index contributed by atoms with van der Waals surface area (Å²) in [5.41, 5.74) is 1.10. The van der Waals surface area contributed by atoms with Crippen molar-refractivity contribution in [2.45, 2.75) is 50.6 Å². The number of hydrogen-bond acceptors (Lipinski definition) is 9. The van der Waals surface area contributed by atoms with Crippen LogP contribution in [0.3, 0.4) is 0 Å². The van der Waals surface area contributed by atoms with E-state index in [1.54, 1.807) is 49.1 Å². The minimum Gasteiger partial charge on any atom is -0.377 e. The lowest BCUT2D eigenvalue weighted by atomic mass is 9.80. The highest BCUT2D eigenvalue weighted by Crippen LogP contribution is 2.41. The van der Waals surface area contributed by atoms with E-state index in [-0.39, 0.29) is 48.6 Å². The van der Waals surface area contributed by atoms with Crippen LogP contribution in [0.2, 0.25) is 0 Å². The Labute approximate surface area is 275 Å². The molecule has 0 atom stereocenters. The SMILES string of the molecule is COC1(CNCc2cc3c(c(C(F)(F)F)c2)CN(c2cc(-c4cc(C#N)ccc4-c4nncn4C)cc(NCCC#N)n2)C3=O)CCC1. The minimum absolute atomic E-state index is 0.0378. The summed E-state index contributed by atoms with van der Waals surface area (Å²) in [6.07, 6.45) is -0.201. The fourth-order valence-electron chi connectivity index (χ4n) is 6.19. The van der Waals surface area contributed by atoms with Gasteiger partial charge in [0.25, 0.3) is 5.91 Å². The molecule has 3 heterocycles. The minimum atomic E-state index is -4.69. The second kappa shape index (κ2) is 13.1. The second-order valence-corrected chi connectivity index (χ2v) is 12.0. The van der Waals surface area contributed by atoms with Gasteiger partial charge in [0.15, 0.2) is 5.82 Å². The summed E-state index contributed by atoms with van der Waals surface area (Å²) in [6.45, 7) is 0.527. The topological polar surface area (TPSA) is 145 Å². The van der Waals surface area contributed by atoms with Crippen LogP contribution in [0.1, 0.15) is 58.3 Å². The van der Waals surface area contributed by atoms with E-state index in [9.17, 15) is 23.2 Å². The molecule has 4 aromatic rings. The Morgan fingerprint density at radius 2 is 1.90 bits per heavy atom. The first-order valence-corrected chi connectivity index (χ1v) is 15.4. The number of pyridine rings is 1. The highest BCUT2D eigenvalue weighted by Gasteiger charge is 2.41. The van der Waals surface area contributed by atoms with E-state index in [2.05, 4.69) is 38.0 Å². The smallest absolute Gasteiger partial charge is 0.377 e. The Hall–Kier alpha value is -5.31. The van der Waals surface area contributed by atoms with Gasteiger partial charge in [-0.1, -0.05) is 0 Å². The van der Waals surface area contributed by atoms with Gasteiger partial charge in [0.05, 0.1) is 41.8 Å². The van der Waals surface area contributed by atoms with Crippen molar-refractivity contribution in [1.82, 2.24) is 25.1 Å². The lowest BCUT2D eigenvalue weighted by molar-refractivity contribution is -0.138. The number of carbonyl (C=O) groups is 1. The molecular weight excluding hydrogens is 623 g/mol. The summed E-state index contributed by atoms with van der Waals surface area (Å²) in [7, 11) is 3.41. The predicted molar refractivity (Wildman–Crippen MR) is 170 cm³/mol. The Morgan fingerprint density at radius 3 is 2.54 bits per heavy atom. The van der Waals surface area contributed by atoms with Crippen molar-refractivity contribution in [3.63, 3.8) is 0 Å². The number of nitrogens with zero attached hydrogens (tertiary/aromatic N) is 7. The number of aromatic nitrogens is 4. The summed E-state index contributed by atoms with van der Waals surface area (Å²) in [6, 6.07) is 15.2. The van der Waals surface area contributed by atoms with Gasteiger partial charge in [-0.2, -0.15) is 23.7 Å². The van der Waals surface area contributed by atoms with E-state index in [1.807, 2.05) is 0 Å². The molecule has 11 nitrogen and oxygen atoms in total. The molecule has 0 spiro atoms. The second-order valence-electron chi connectivity index (χ2n) is 12.0. The summed E-state index contributed by atoms with van der Waals surface area (Å²) >= 11 is 0. The molecule has 1 fully saturated rings. The summed E-state index contributed by atoms with van der Waals surface area (Å²) < 4.78 is 50.7. The van der Waals surface area contributed by atoms with Crippen LogP contribution >= 0.6 is 0 Å². The third-order valence-corrected chi connectivity index (χ3v) is 8.92. The number of amides is 1.